The molecule has 0 saturated heterocycles. The van der Waals surface area contributed by atoms with Crippen LogP contribution in [-0.4, -0.2) is 42.3 Å². The molecule has 1 amide bonds. The van der Waals surface area contributed by atoms with Crippen LogP contribution in [0.4, 0.5) is 0 Å². The molecule has 0 saturated carbocycles. The number of fused-ring (bicyclic) bond motifs is 2. The standard InChI is InChI=1S/C40H34ClNO8/c1-19-6-4-7-22(12-19)10-11-29(43)34-25-13-20(2)32(36(46)27(25)16-30(44)38(34)48)33-21(3)14-26-28(37(33)47)17-31(45)39(49)35(26)40(50)42-18-23-8-5-9-24(41)15-23/h4-9,12-17,44-49H,10-11,18H2,1-3H3,(H,42,50). The van der Waals surface area contributed by atoms with Gasteiger partial charge in [0.15, 0.2) is 28.8 Å². The number of phenols is 6. The molecule has 0 atom stereocenters. The third-order valence-corrected chi connectivity index (χ3v) is 9.19. The van der Waals surface area contributed by atoms with Crippen LogP contribution in [0.15, 0.2) is 72.8 Å². The number of aromatic hydroxyl groups is 6. The molecule has 6 aromatic rings. The zero-order chi connectivity index (χ0) is 36.0. The van der Waals surface area contributed by atoms with Gasteiger partial charge in [0.2, 0.25) is 0 Å². The average molecular weight is 692 g/mol. The van der Waals surface area contributed by atoms with E-state index < -0.39 is 40.4 Å². The van der Waals surface area contributed by atoms with E-state index in [2.05, 4.69) is 5.32 Å². The van der Waals surface area contributed by atoms with Crippen molar-refractivity contribution >= 4 is 44.8 Å². The summed E-state index contributed by atoms with van der Waals surface area (Å²) in [6.07, 6.45) is 0.431. The Bertz CT molecular complexity index is 2220. The Labute approximate surface area is 292 Å². The van der Waals surface area contributed by atoms with Gasteiger partial charge >= 0.3 is 0 Å². The van der Waals surface area contributed by atoms with Crippen molar-refractivity contribution in [3.05, 3.63) is 117 Å². The predicted octanol–water partition coefficient (Wildman–Crippen LogP) is 8.22. The maximum atomic E-state index is 13.5. The van der Waals surface area contributed by atoms with Crippen LogP contribution in [0, 0.1) is 20.8 Å². The third-order valence-electron chi connectivity index (χ3n) is 8.96. The number of benzene rings is 6. The Hall–Kier alpha value is -5.93. The van der Waals surface area contributed by atoms with Crippen molar-refractivity contribution < 1.29 is 40.2 Å². The van der Waals surface area contributed by atoms with Gasteiger partial charge in [-0.3, -0.25) is 9.59 Å². The van der Waals surface area contributed by atoms with Crippen LogP contribution >= 0.6 is 11.6 Å². The molecule has 0 spiro atoms. The Balaban J connectivity index is 1.45. The van der Waals surface area contributed by atoms with Gasteiger partial charge in [-0.05, 0) is 85.8 Å². The molecule has 254 valence electrons. The highest BCUT2D eigenvalue weighted by molar-refractivity contribution is 6.30. The van der Waals surface area contributed by atoms with Gasteiger partial charge in [-0.2, -0.15) is 0 Å². The predicted molar refractivity (Wildman–Crippen MR) is 193 cm³/mol. The van der Waals surface area contributed by atoms with E-state index >= 15 is 0 Å². The lowest BCUT2D eigenvalue weighted by Crippen LogP contribution is -2.23. The Morgan fingerprint density at radius 2 is 1.16 bits per heavy atom. The lowest BCUT2D eigenvalue weighted by atomic mass is 9.86. The third kappa shape index (κ3) is 6.08. The molecule has 10 heteroatoms. The van der Waals surface area contributed by atoms with Gasteiger partial charge in [-0.15, -0.1) is 0 Å². The molecular formula is C40H34ClNO8. The molecule has 0 aliphatic heterocycles. The maximum absolute atomic E-state index is 13.5. The minimum Gasteiger partial charge on any atom is -0.507 e. The zero-order valence-corrected chi connectivity index (χ0v) is 28.2. The molecule has 0 aromatic heterocycles. The van der Waals surface area contributed by atoms with Crippen molar-refractivity contribution in [2.75, 3.05) is 0 Å². The molecule has 0 fully saturated rings. The number of nitrogens with one attached hydrogen (secondary N) is 1. The van der Waals surface area contributed by atoms with Crippen LogP contribution in [0.2, 0.25) is 5.02 Å². The van der Waals surface area contributed by atoms with Crippen LogP contribution in [0.3, 0.4) is 0 Å². The second-order valence-electron chi connectivity index (χ2n) is 12.5. The van der Waals surface area contributed by atoms with Crippen molar-refractivity contribution in [3.63, 3.8) is 0 Å². The number of Topliss-reactive ketones (excluding diaryl/α,β-unsaturated/α-hetero) is 1. The molecule has 6 rings (SSSR count). The van der Waals surface area contributed by atoms with E-state index in [-0.39, 0.29) is 62.5 Å². The summed E-state index contributed by atoms with van der Waals surface area (Å²) in [6, 6.07) is 20.0. The summed E-state index contributed by atoms with van der Waals surface area (Å²) in [5.74, 6) is -4.43. The van der Waals surface area contributed by atoms with Crippen molar-refractivity contribution in [2.45, 2.75) is 40.2 Å². The van der Waals surface area contributed by atoms with E-state index in [1.807, 2.05) is 31.2 Å². The smallest absolute Gasteiger partial charge is 0.256 e. The summed E-state index contributed by atoms with van der Waals surface area (Å²) in [5.41, 5.74) is 3.43. The van der Waals surface area contributed by atoms with Crippen molar-refractivity contribution in [2.24, 2.45) is 0 Å². The molecule has 0 heterocycles. The van der Waals surface area contributed by atoms with Gasteiger partial charge in [0.1, 0.15) is 11.5 Å². The number of aryl methyl sites for hydroxylation is 4. The summed E-state index contributed by atoms with van der Waals surface area (Å²) in [4.78, 5) is 26.9. The van der Waals surface area contributed by atoms with Crippen LogP contribution in [-0.2, 0) is 13.0 Å². The minimum atomic E-state index is -0.713. The summed E-state index contributed by atoms with van der Waals surface area (Å²) in [5, 5.41) is 70.0. The van der Waals surface area contributed by atoms with Crippen molar-refractivity contribution in [1.29, 1.82) is 0 Å². The molecule has 0 aliphatic carbocycles. The van der Waals surface area contributed by atoms with E-state index in [0.717, 1.165) is 23.3 Å². The van der Waals surface area contributed by atoms with E-state index in [4.69, 9.17) is 11.6 Å². The normalized spacial score (nSPS) is 11.3. The second kappa shape index (κ2) is 13.2. The minimum absolute atomic E-state index is 0.0215. The molecule has 0 unspecified atom stereocenters. The highest BCUT2D eigenvalue weighted by Crippen LogP contribution is 2.51. The van der Waals surface area contributed by atoms with E-state index in [1.165, 1.54) is 0 Å². The van der Waals surface area contributed by atoms with Gasteiger partial charge in [-0.25, -0.2) is 0 Å². The Morgan fingerprint density at radius 3 is 1.74 bits per heavy atom. The fourth-order valence-corrected chi connectivity index (χ4v) is 6.78. The SMILES string of the molecule is Cc1cccc(CCC(=O)c2c(O)c(O)cc3c(O)c(-c4c(C)cc5c(C(=O)NCc6cccc(Cl)c6)c(O)c(O)cc5c4O)c(C)cc23)c1. The van der Waals surface area contributed by atoms with Crippen LogP contribution in [0.1, 0.15) is 55.0 Å². The zero-order valence-electron chi connectivity index (χ0n) is 27.4. The van der Waals surface area contributed by atoms with Crippen molar-refractivity contribution in [3.8, 4) is 45.6 Å². The summed E-state index contributed by atoms with van der Waals surface area (Å²) < 4.78 is 0. The van der Waals surface area contributed by atoms with Crippen LogP contribution < -0.4 is 5.32 Å². The van der Waals surface area contributed by atoms with E-state index in [1.54, 1.807) is 50.2 Å². The number of hydrogen-bond acceptors (Lipinski definition) is 8. The Morgan fingerprint density at radius 1 is 0.620 bits per heavy atom. The van der Waals surface area contributed by atoms with Gasteiger partial charge in [-0.1, -0.05) is 53.6 Å². The molecule has 6 aromatic carbocycles. The average Bonchev–Trinajstić information content (AvgIpc) is 3.06. The number of rotatable bonds is 8. The van der Waals surface area contributed by atoms with E-state index in [0.29, 0.717) is 28.1 Å². The van der Waals surface area contributed by atoms with Crippen LogP contribution in [0.25, 0.3) is 32.7 Å². The Kier molecular flexibility index (Phi) is 8.95. The number of amides is 1. The summed E-state index contributed by atoms with van der Waals surface area (Å²) in [7, 11) is 0. The quantitative estimate of drug-likeness (QED) is 0.0619. The number of carbonyl (C=O) groups excluding carboxylic acids is 2. The number of carbonyl (C=O) groups is 2. The fourth-order valence-electron chi connectivity index (χ4n) is 6.57. The molecular weight excluding hydrogens is 658 g/mol. The summed E-state index contributed by atoms with van der Waals surface area (Å²) in [6.45, 7) is 5.32. The van der Waals surface area contributed by atoms with Gasteiger partial charge in [0.05, 0.1) is 11.1 Å². The molecule has 9 nitrogen and oxygen atoms in total. The topological polar surface area (TPSA) is 168 Å². The summed E-state index contributed by atoms with van der Waals surface area (Å²) >= 11 is 6.06. The molecule has 0 aliphatic rings. The highest BCUT2D eigenvalue weighted by atomic mass is 35.5. The number of hydrogen-bond donors (Lipinski definition) is 7. The first-order valence-corrected chi connectivity index (χ1v) is 16.2. The molecule has 7 N–H and O–H groups in total. The largest absolute Gasteiger partial charge is 0.507 e. The second-order valence-corrected chi connectivity index (χ2v) is 12.9. The first-order valence-electron chi connectivity index (χ1n) is 15.8. The van der Waals surface area contributed by atoms with Crippen LogP contribution in [0.5, 0.6) is 34.5 Å². The van der Waals surface area contributed by atoms with Gasteiger partial charge < -0.3 is 36.0 Å². The number of phenolic OH excluding ortho intramolecular Hbond substituents is 6. The lowest BCUT2D eigenvalue weighted by Gasteiger charge is -2.20. The number of halogens is 1. The van der Waals surface area contributed by atoms with E-state index in [9.17, 15) is 40.2 Å². The lowest BCUT2D eigenvalue weighted by molar-refractivity contribution is 0.0947. The molecule has 0 bridgehead atoms. The van der Waals surface area contributed by atoms with Gasteiger partial charge in [0.25, 0.3) is 5.91 Å². The first-order chi connectivity index (χ1) is 23.8. The maximum Gasteiger partial charge on any atom is 0.256 e. The number of ketones is 1. The molecule has 0 radical (unpaired) electrons. The van der Waals surface area contributed by atoms with Crippen molar-refractivity contribution in [1.82, 2.24) is 5.32 Å². The fraction of sp³-hybridized carbons (Fsp3) is 0.150. The monoisotopic (exact) mass is 691 g/mol. The van der Waals surface area contributed by atoms with Gasteiger partial charge in [0, 0.05) is 50.7 Å². The molecule has 50 heavy (non-hydrogen) atoms. The first kappa shape index (κ1) is 34.0. The highest BCUT2D eigenvalue weighted by Gasteiger charge is 2.28.